The molecule has 0 radical (unpaired) electrons. The van der Waals surface area contributed by atoms with Gasteiger partial charge in [0.1, 0.15) is 18.2 Å². The van der Waals surface area contributed by atoms with E-state index in [1.54, 1.807) is 6.20 Å². The van der Waals surface area contributed by atoms with Crippen molar-refractivity contribution in [2.45, 2.75) is 26.1 Å². The van der Waals surface area contributed by atoms with Crippen LogP contribution in [-0.2, 0) is 26.1 Å². The predicted molar refractivity (Wildman–Crippen MR) is 94.0 cm³/mol. The molecule has 3 heterocycles. The number of aromatic nitrogens is 4. The Labute approximate surface area is 151 Å². The van der Waals surface area contributed by atoms with Crippen LogP contribution in [0, 0.1) is 5.82 Å². The van der Waals surface area contributed by atoms with Crippen LogP contribution in [0.3, 0.4) is 0 Å². The second-order valence-corrected chi connectivity index (χ2v) is 6.29. The number of hydrogen-bond acceptors (Lipinski definition) is 5. The maximum absolute atomic E-state index is 13.1. The standard InChI is InChI=1S/C19H20FN5O/c20-16-6-4-15(5-7-16)13-24-10-8-17-22-23-18(25(17)12-11-24)14-26-19-3-1-2-9-21-19/h1-7,9H,8,10-14H2. The number of nitrogens with zero attached hydrogens (tertiary/aromatic N) is 5. The van der Waals surface area contributed by atoms with Gasteiger partial charge in [0.2, 0.25) is 5.88 Å². The van der Waals surface area contributed by atoms with Crippen LogP contribution in [0.1, 0.15) is 17.2 Å². The van der Waals surface area contributed by atoms with Gasteiger partial charge < -0.3 is 9.30 Å². The van der Waals surface area contributed by atoms with E-state index in [0.717, 1.165) is 49.8 Å². The van der Waals surface area contributed by atoms with Crippen molar-refractivity contribution >= 4 is 0 Å². The van der Waals surface area contributed by atoms with Crippen LogP contribution in [-0.4, -0.2) is 37.7 Å². The summed E-state index contributed by atoms with van der Waals surface area (Å²) in [6.07, 6.45) is 2.53. The Hall–Kier alpha value is -2.80. The highest BCUT2D eigenvalue weighted by molar-refractivity contribution is 5.16. The van der Waals surface area contributed by atoms with E-state index in [1.165, 1.54) is 12.1 Å². The second-order valence-electron chi connectivity index (χ2n) is 6.29. The lowest BCUT2D eigenvalue weighted by Crippen LogP contribution is -2.26. The largest absolute Gasteiger partial charge is 0.469 e. The summed E-state index contributed by atoms with van der Waals surface area (Å²) in [7, 11) is 0. The van der Waals surface area contributed by atoms with Crippen molar-refractivity contribution in [3.63, 3.8) is 0 Å². The molecule has 26 heavy (non-hydrogen) atoms. The van der Waals surface area contributed by atoms with E-state index in [1.807, 2.05) is 30.3 Å². The molecule has 7 heteroatoms. The number of halogens is 1. The Morgan fingerprint density at radius 3 is 2.69 bits per heavy atom. The van der Waals surface area contributed by atoms with Gasteiger partial charge in [0.05, 0.1) is 0 Å². The molecule has 0 amide bonds. The molecule has 4 rings (SSSR count). The molecule has 0 saturated heterocycles. The molecule has 0 unspecified atom stereocenters. The van der Waals surface area contributed by atoms with Crippen molar-refractivity contribution < 1.29 is 9.13 Å². The van der Waals surface area contributed by atoms with Crippen LogP contribution < -0.4 is 4.74 Å². The van der Waals surface area contributed by atoms with Crippen molar-refractivity contribution in [2.75, 3.05) is 13.1 Å². The van der Waals surface area contributed by atoms with Crippen molar-refractivity contribution in [3.05, 3.63) is 71.7 Å². The van der Waals surface area contributed by atoms with Gasteiger partial charge in [-0.1, -0.05) is 18.2 Å². The average Bonchev–Trinajstić information content (AvgIpc) is 2.95. The Morgan fingerprint density at radius 2 is 1.88 bits per heavy atom. The van der Waals surface area contributed by atoms with E-state index in [2.05, 4.69) is 24.6 Å². The fraction of sp³-hybridized carbons (Fsp3) is 0.316. The van der Waals surface area contributed by atoms with Crippen molar-refractivity contribution in [3.8, 4) is 5.88 Å². The molecule has 134 valence electrons. The first-order chi connectivity index (χ1) is 12.8. The Bertz CT molecular complexity index is 850. The molecule has 0 bridgehead atoms. The zero-order valence-electron chi connectivity index (χ0n) is 14.4. The molecule has 1 aliphatic heterocycles. The van der Waals surface area contributed by atoms with Crippen LogP contribution in [0.5, 0.6) is 5.88 Å². The SMILES string of the molecule is Fc1ccc(CN2CCc3nnc(COc4ccccn4)n3CC2)cc1. The number of rotatable bonds is 5. The van der Waals surface area contributed by atoms with Crippen LogP contribution in [0.15, 0.2) is 48.7 Å². The third-order valence-electron chi connectivity index (χ3n) is 4.50. The lowest BCUT2D eigenvalue weighted by molar-refractivity contribution is 0.259. The quantitative estimate of drug-likeness (QED) is 0.705. The topological polar surface area (TPSA) is 56.1 Å². The first kappa shape index (κ1) is 16.7. The Balaban J connectivity index is 1.38. The number of hydrogen-bond donors (Lipinski definition) is 0. The van der Waals surface area contributed by atoms with E-state index in [4.69, 9.17) is 4.74 Å². The molecule has 0 fully saturated rings. The van der Waals surface area contributed by atoms with Crippen molar-refractivity contribution in [1.29, 1.82) is 0 Å². The van der Waals surface area contributed by atoms with Crippen LogP contribution in [0.2, 0.25) is 0 Å². The first-order valence-corrected chi connectivity index (χ1v) is 8.69. The minimum absolute atomic E-state index is 0.201. The third-order valence-corrected chi connectivity index (χ3v) is 4.50. The van der Waals surface area contributed by atoms with E-state index >= 15 is 0 Å². The van der Waals surface area contributed by atoms with Gasteiger partial charge in [-0.3, -0.25) is 4.90 Å². The predicted octanol–water partition coefficient (Wildman–Crippen LogP) is 2.45. The van der Waals surface area contributed by atoms with E-state index < -0.39 is 0 Å². The van der Waals surface area contributed by atoms with Crippen LogP contribution in [0.4, 0.5) is 4.39 Å². The van der Waals surface area contributed by atoms with Crippen molar-refractivity contribution in [2.24, 2.45) is 0 Å². The lowest BCUT2D eigenvalue weighted by Gasteiger charge is -2.19. The first-order valence-electron chi connectivity index (χ1n) is 8.69. The molecule has 0 aliphatic carbocycles. The van der Waals surface area contributed by atoms with Gasteiger partial charge in [0, 0.05) is 44.9 Å². The second kappa shape index (κ2) is 7.61. The molecule has 0 N–H and O–H groups in total. The third kappa shape index (κ3) is 3.88. The Kier molecular flexibility index (Phi) is 4.88. The zero-order valence-corrected chi connectivity index (χ0v) is 14.4. The summed E-state index contributed by atoms with van der Waals surface area (Å²) in [4.78, 5) is 6.51. The van der Waals surface area contributed by atoms with Gasteiger partial charge >= 0.3 is 0 Å². The molecule has 3 aromatic rings. The smallest absolute Gasteiger partial charge is 0.213 e. The van der Waals surface area contributed by atoms with Crippen LogP contribution in [0.25, 0.3) is 0 Å². The van der Waals surface area contributed by atoms with Gasteiger partial charge in [0.25, 0.3) is 0 Å². The zero-order chi connectivity index (χ0) is 17.8. The van der Waals surface area contributed by atoms with E-state index in [9.17, 15) is 4.39 Å². The molecule has 0 saturated carbocycles. The lowest BCUT2D eigenvalue weighted by atomic mass is 10.2. The minimum atomic E-state index is -0.201. The number of fused-ring (bicyclic) bond motifs is 1. The maximum Gasteiger partial charge on any atom is 0.213 e. The molecular weight excluding hydrogens is 333 g/mol. The van der Waals surface area contributed by atoms with Crippen LogP contribution >= 0.6 is 0 Å². The highest BCUT2D eigenvalue weighted by Crippen LogP contribution is 2.14. The van der Waals surface area contributed by atoms with E-state index in [-0.39, 0.29) is 5.82 Å². The molecule has 1 aromatic carbocycles. The highest BCUT2D eigenvalue weighted by atomic mass is 19.1. The Morgan fingerprint density at radius 1 is 1.00 bits per heavy atom. The van der Waals surface area contributed by atoms with E-state index in [0.29, 0.717) is 12.5 Å². The van der Waals surface area contributed by atoms with Gasteiger partial charge in [0.15, 0.2) is 5.82 Å². The minimum Gasteiger partial charge on any atom is -0.469 e. The fourth-order valence-corrected chi connectivity index (χ4v) is 3.11. The molecule has 6 nitrogen and oxygen atoms in total. The van der Waals surface area contributed by atoms with Gasteiger partial charge in [-0.05, 0) is 23.8 Å². The molecule has 0 atom stereocenters. The molecule has 2 aromatic heterocycles. The summed E-state index contributed by atoms with van der Waals surface area (Å²) in [5.74, 6) is 2.17. The number of pyridine rings is 1. The van der Waals surface area contributed by atoms with Gasteiger partial charge in [-0.2, -0.15) is 0 Å². The maximum atomic E-state index is 13.1. The van der Waals surface area contributed by atoms with Gasteiger partial charge in [-0.15, -0.1) is 10.2 Å². The summed E-state index contributed by atoms with van der Waals surface area (Å²) >= 11 is 0. The summed E-state index contributed by atoms with van der Waals surface area (Å²) in [5, 5.41) is 8.59. The molecular formula is C19H20FN5O. The summed E-state index contributed by atoms with van der Waals surface area (Å²) in [5.41, 5.74) is 1.11. The average molecular weight is 353 g/mol. The number of ether oxygens (including phenoxy) is 1. The highest BCUT2D eigenvalue weighted by Gasteiger charge is 2.19. The van der Waals surface area contributed by atoms with Crippen molar-refractivity contribution in [1.82, 2.24) is 24.6 Å². The number of benzene rings is 1. The normalized spacial score (nSPS) is 14.7. The van der Waals surface area contributed by atoms with Gasteiger partial charge in [-0.25, -0.2) is 9.37 Å². The summed E-state index contributed by atoms with van der Waals surface area (Å²) in [6, 6.07) is 12.3. The molecule has 0 spiro atoms. The summed E-state index contributed by atoms with van der Waals surface area (Å²) < 4.78 is 20.9. The summed E-state index contributed by atoms with van der Waals surface area (Å²) in [6.45, 7) is 3.75. The fourth-order valence-electron chi connectivity index (χ4n) is 3.11. The monoisotopic (exact) mass is 353 g/mol. The molecule has 1 aliphatic rings.